The van der Waals surface area contributed by atoms with Crippen molar-refractivity contribution in [3.05, 3.63) is 29.7 Å². The van der Waals surface area contributed by atoms with Gasteiger partial charge in [0.05, 0.1) is 5.69 Å². The molecule has 1 saturated carbocycles. The highest BCUT2D eigenvalue weighted by Gasteiger charge is 2.20. The van der Waals surface area contributed by atoms with Crippen LogP contribution in [-0.4, -0.2) is 20.6 Å². The van der Waals surface area contributed by atoms with Crippen molar-refractivity contribution in [2.24, 2.45) is 0 Å². The van der Waals surface area contributed by atoms with Crippen LogP contribution >= 0.6 is 0 Å². The predicted octanol–water partition coefficient (Wildman–Crippen LogP) is 1.93. The lowest BCUT2D eigenvalue weighted by Crippen LogP contribution is -2.15. The Hall–Kier alpha value is -1.42. The topological polar surface area (TPSA) is 42.2 Å². The normalized spacial score (nSPS) is 15.6. The Morgan fingerprint density at radius 3 is 3.12 bits per heavy atom. The van der Waals surface area contributed by atoms with Gasteiger partial charge in [-0.2, -0.15) is 5.10 Å². The molecular formula is C13H18N4. The molecule has 1 N–H and O–H groups in total. The third-order valence-corrected chi connectivity index (χ3v) is 3.10. The van der Waals surface area contributed by atoms with Gasteiger partial charge >= 0.3 is 0 Å². The lowest BCUT2D eigenvalue weighted by molar-refractivity contribution is 0.680. The minimum atomic E-state index is 0.735. The second-order valence-corrected chi connectivity index (χ2v) is 4.81. The zero-order chi connectivity index (χ0) is 11.7. The number of hydrogen-bond acceptors (Lipinski definition) is 3. The second kappa shape index (κ2) is 4.45. The molecular weight excluding hydrogens is 212 g/mol. The lowest BCUT2D eigenvalue weighted by atomic mass is 10.2. The van der Waals surface area contributed by atoms with E-state index < -0.39 is 0 Å². The highest BCUT2D eigenvalue weighted by Crippen LogP contribution is 2.19. The summed E-state index contributed by atoms with van der Waals surface area (Å²) in [5, 5.41) is 8.02. The number of nitrogens with one attached hydrogen (secondary N) is 1. The van der Waals surface area contributed by atoms with Crippen molar-refractivity contribution in [3.8, 4) is 0 Å². The van der Waals surface area contributed by atoms with E-state index in [0.29, 0.717) is 0 Å². The van der Waals surface area contributed by atoms with Gasteiger partial charge in [-0.3, -0.25) is 0 Å². The van der Waals surface area contributed by atoms with Gasteiger partial charge in [0.2, 0.25) is 0 Å². The third-order valence-electron chi connectivity index (χ3n) is 3.10. The van der Waals surface area contributed by atoms with Crippen LogP contribution in [0.4, 0.5) is 0 Å². The van der Waals surface area contributed by atoms with E-state index in [9.17, 15) is 0 Å². The minimum absolute atomic E-state index is 0.735. The molecule has 0 aliphatic heterocycles. The van der Waals surface area contributed by atoms with Gasteiger partial charge in [0.15, 0.2) is 5.65 Å². The summed E-state index contributed by atoms with van der Waals surface area (Å²) in [6, 6.07) is 2.81. The molecule has 0 saturated heterocycles. The Morgan fingerprint density at radius 1 is 1.47 bits per heavy atom. The molecule has 2 aromatic rings. The molecule has 4 heteroatoms. The SMILES string of the molecule is CCCc1cc2ncc(CNC3CC3)cn2n1. The summed E-state index contributed by atoms with van der Waals surface area (Å²) < 4.78 is 1.90. The standard InChI is InChI=1S/C13H18N4/c1-2-3-12-6-13-15-8-10(9-17(13)16-12)7-14-11-4-5-11/h6,8-9,11,14H,2-5,7H2,1H3. The molecule has 0 radical (unpaired) electrons. The van der Waals surface area contributed by atoms with Crippen LogP contribution in [0.25, 0.3) is 5.65 Å². The van der Waals surface area contributed by atoms with Crippen molar-refractivity contribution in [1.82, 2.24) is 19.9 Å². The Kier molecular flexibility index (Phi) is 2.81. The van der Waals surface area contributed by atoms with E-state index >= 15 is 0 Å². The molecule has 3 rings (SSSR count). The van der Waals surface area contributed by atoms with Crippen LogP contribution in [0.2, 0.25) is 0 Å². The van der Waals surface area contributed by atoms with Crippen LogP contribution in [0.5, 0.6) is 0 Å². The average Bonchev–Trinajstić information content (AvgIpc) is 3.06. The molecule has 0 unspecified atom stereocenters. The summed E-state index contributed by atoms with van der Waals surface area (Å²) in [6.07, 6.45) is 8.81. The monoisotopic (exact) mass is 230 g/mol. The number of rotatable bonds is 5. The number of aryl methyl sites for hydroxylation is 1. The minimum Gasteiger partial charge on any atom is -0.310 e. The van der Waals surface area contributed by atoms with E-state index in [1.807, 2.05) is 10.7 Å². The molecule has 1 aliphatic carbocycles. The van der Waals surface area contributed by atoms with Gasteiger partial charge in [0.25, 0.3) is 0 Å². The van der Waals surface area contributed by atoms with Crippen LogP contribution < -0.4 is 5.32 Å². The summed E-state index contributed by atoms with van der Waals surface area (Å²) in [5.41, 5.74) is 3.28. The first-order valence-electron chi connectivity index (χ1n) is 6.41. The van der Waals surface area contributed by atoms with E-state index in [1.165, 1.54) is 18.4 Å². The van der Waals surface area contributed by atoms with E-state index in [1.54, 1.807) is 0 Å². The quantitative estimate of drug-likeness (QED) is 0.853. The fourth-order valence-corrected chi connectivity index (χ4v) is 1.98. The smallest absolute Gasteiger partial charge is 0.155 e. The zero-order valence-electron chi connectivity index (χ0n) is 10.2. The average molecular weight is 230 g/mol. The maximum atomic E-state index is 4.53. The van der Waals surface area contributed by atoms with Crippen LogP contribution in [0.3, 0.4) is 0 Å². The van der Waals surface area contributed by atoms with Crippen molar-refractivity contribution < 1.29 is 0 Å². The Morgan fingerprint density at radius 2 is 2.35 bits per heavy atom. The highest BCUT2D eigenvalue weighted by molar-refractivity contribution is 5.39. The van der Waals surface area contributed by atoms with Crippen molar-refractivity contribution in [1.29, 1.82) is 0 Å². The number of nitrogens with zero attached hydrogens (tertiary/aromatic N) is 3. The van der Waals surface area contributed by atoms with Crippen molar-refractivity contribution in [3.63, 3.8) is 0 Å². The van der Waals surface area contributed by atoms with E-state index in [4.69, 9.17) is 0 Å². The first kappa shape index (κ1) is 10.7. The zero-order valence-corrected chi connectivity index (χ0v) is 10.2. The highest BCUT2D eigenvalue weighted by atomic mass is 15.2. The maximum absolute atomic E-state index is 4.53. The second-order valence-electron chi connectivity index (χ2n) is 4.81. The first-order valence-corrected chi connectivity index (χ1v) is 6.41. The summed E-state index contributed by atoms with van der Waals surface area (Å²) in [7, 11) is 0. The van der Waals surface area contributed by atoms with Crippen LogP contribution in [0.1, 0.15) is 37.4 Å². The summed E-state index contributed by atoms with van der Waals surface area (Å²) in [4.78, 5) is 4.44. The number of aromatic nitrogens is 3. The molecule has 17 heavy (non-hydrogen) atoms. The van der Waals surface area contributed by atoms with Crippen molar-refractivity contribution in [2.45, 2.75) is 45.2 Å². The third kappa shape index (κ3) is 2.47. The predicted molar refractivity (Wildman–Crippen MR) is 66.8 cm³/mol. The van der Waals surface area contributed by atoms with E-state index in [0.717, 1.165) is 36.8 Å². The maximum Gasteiger partial charge on any atom is 0.155 e. The van der Waals surface area contributed by atoms with Crippen molar-refractivity contribution >= 4 is 5.65 Å². The van der Waals surface area contributed by atoms with Gasteiger partial charge in [-0.1, -0.05) is 13.3 Å². The molecule has 1 aliphatic rings. The Balaban J connectivity index is 1.78. The van der Waals surface area contributed by atoms with Crippen LogP contribution in [0, 0.1) is 0 Å². The van der Waals surface area contributed by atoms with Gasteiger partial charge < -0.3 is 5.32 Å². The summed E-state index contributed by atoms with van der Waals surface area (Å²) in [5.74, 6) is 0. The van der Waals surface area contributed by atoms with Gasteiger partial charge in [-0.05, 0) is 19.3 Å². The van der Waals surface area contributed by atoms with Gasteiger partial charge in [0.1, 0.15) is 0 Å². The van der Waals surface area contributed by atoms with Crippen molar-refractivity contribution in [2.75, 3.05) is 0 Å². The summed E-state index contributed by atoms with van der Waals surface area (Å²) in [6.45, 7) is 3.07. The fourth-order valence-electron chi connectivity index (χ4n) is 1.98. The molecule has 90 valence electrons. The fraction of sp³-hybridized carbons (Fsp3) is 0.538. The molecule has 2 heterocycles. The molecule has 0 amide bonds. The van der Waals surface area contributed by atoms with Gasteiger partial charge in [-0.15, -0.1) is 0 Å². The molecule has 0 spiro atoms. The first-order chi connectivity index (χ1) is 8.35. The molecule has 0 atom stereocenters. The Bertz CT molecular complexity index is 513. The largest absolute Gasteiger partial charge is 0.310 e. The van der Waals surface area contributed by atoms with Gasteiger partial charge in [-0.25, -0.2) is 9.50 Å². The number of fused-ring (bicyclic) bond motifs is 1. The molecule has 0 bridgehead atoms. The summed E-state index contributed by atoms with van der Waals surface area (Å²) >= 11 is 0. The van der Waals surface area contributed by atoms with E-state index in [-0.39, 0.29) is 0 Å². The van der Waals surface area contributed by atoms with Crippen LogP contribution in [0.15, 0.2) is 18.5 Å². The Labute approximate surface area is 101 Å². The lowest BCUT2D eigenvalue weighted by Gasteiger charge is -2.02. The molecule has 1 fully saturated rings. The molecule has 0 aromatic carbocycles. The van der Waals surface area contributed by atoms with Crippen LogP contribution in [-0.2, 0) is 13.0 Å². The van der Waals surface area contributed by atoms with Gasteiger partial charge in [0, 0.05) is 36.6 Å². The molecule has 4 nitrogen and oxygen atoms in total. The number of hydrogen-bond donors (Lipinski definition) is 1. The van der Waals surface area contributed by atoms with E-state index in [2.05, 4.69) is 34.6 Å². The molecule has 2 aromatic heterocycles.